The van der Waals surface area contributed by atoms with Crippen LogP contribution in [0.25, 0.3) is 11.4 Å². The Bertz CT molecular complexity index is 1120. The highest BCUT2D eigenvalue weighted by molar-refractivity contribution is 7.92. The van der Waals surface area contributed by atoms with Crippen LogP contribution in [0.15, 0.2) is 30.3 Å². The van der Waals surface area contributed by atoms with Gasteiger partial charge < -0.3 is 25.4 Å². The van der Waals surface area contributed by atoms with Gasteiger partial charge in [0.25, 0.3) is 0 Å². The molecule has 3 N–H and O–H groups in total. The largest absolute Gasteiger partial charge is 0.396 e. The minimum absolute atomic E-state index is 0.0899. The molecular formula is C24H35N5O4S2. The number of nitrogens with one attached hydrogen (secondary N) is 2. The molecule has 0 spiro atoms. The van der Waals surface area contributed by atoms with Crippen LogP contribution in [-0.4, -0.2) is 73.3 Å². The van der Waals surface area contributed by atoms with Crippen molar-refractivity contribution < 1.29 is 18.3 Å². The highest BCUT2D eigenvalue weighted by Gasteiger charge is 2.38. The van der Waals surface area contributed by atoms with E-state index in [0.29, 0.717) is 42.2 Å². The third kappa shape index (κ3) is 6.46. The minimum atomic E-state index is -3.59. The van der Waals surface area contributed by atoms with Crippen molar-refractivity contribution in [3.63, 3.8) is 0 Å². The number of rotatable bonds is 9. The lowest BCUT2D eigenvalue weighted by Gasteiger charge is -2.35. The molecule has 1 aromatic carbocycles. The molecule has 1 aromatic heterocycles. The topological polar surface area (TPSA) is 117 Å². The fourth-order valence-corrected chi connectivity index (χ4v) is 5.50. The Morgan fingerprint density at radius 1 is 1.29 bits per heavy atom. The van der Waals surface area contributed by atoms with Gasteiger partial charge in [-0.05, 0) is 70.6 Å². The summed E-state index contributed by atoms with van der Waals surface area (Å²) in [5.74, 6) is 0.995. The number of benzene rings is 1. The first-order valence-corrected chi connectivity index (χ1v) is 13.9. The maximum Gasteiger partial charge on any atom is 0.170 e. The van der Waals surface area contributed by atoms with E-state index in [1.165, 1.54) is 0 Å². The molecule has 9 nitrogen and oxygen atoms in total. The fourth-order valence-electron chi connectivity index (χ4n) is 3.79. The number of morpholine rings is 1. The van der Waals surface area contributed by atoms with Gasteiger partial charge in [0, 0.05) is 37.0 Å². The Kier molecular flexibility index (Phi) is 9.03. The predicted octanol–water partition coefficient (Wildman–Crippen LogP) is 2.71. The summed E-state index contributed by atoms with van der Waals surface area (Å²) >= 11 is 5.25. The number of anilines is 2. The van der Waals surface area contributed by atoms with Gasteiger partial charge in [0.05, 0.1) is 30.7 Å². The van der Waals surface area contributed by atoms with Gasteiger partial charge in [-0.2, -0.15) is 0 Å². The molecule has 35 heavy (non-hydrogen) atoms. The van der Waals surface area contributed by atoms with Crippen LogP contribution in [0.3, 0.4) is 0 Å². The van der Waals surface area contributed by atoms with Gasteiger partial charge >= 0.3 is 0 Å². The number of aromatic nitrogens is 2. The highest BCUT2D eigenvalue weighted by atomic mass is 32.2. The first kappa shape index (κ1) is 27.3. The number of nitrogens with zero attached hydrogens (tertiary/aromatic N) is 3. The van der Waals surface area contributed by atoms with Crippen LogP contribution in [0.1, 0.15) is 39.8 Å². The van der Waals surface area contributed by atoms with Gasteiger partial charge in [-0.1, -0.05) is 0 Å². The van der Waals surface area contributed by atoms with Crippen molar-refractivity contribution >= 4 is 38.7 Å². The van der Waals surface area contributed by atoms with Gasteiger partial charge in [0.15, 0.2) is 20.8 Å². The molecule has 0 bridgehead atoms. The van der Waals surface area contributed by atoms with Crippen LogP contribution in [-0.2, 0) is 19.3 Å². The number of sulfone groups is 1. The molecule has 0 saturated carbocycles. The van der Waals surface area contributed by atoms with Crippen LogP contribution in [0.4, 0.5) is 11.5 Å². The Labute approximate surface area is 213 Å². The lowest BCUT2D eigenvalue weighted by Crippen LogP contribution is -2.44. The standard InChI is InChI=1S/C24H35N5O4S2/c1-5-25-23(34)26-19-9-7-18(8-10-19)22-27-20(24(3,4)35(31,32)14-6-12-30)15-21(28-22)29-11-13-33-16-17(29)2/h7-10,15,17,30H,5-6,11-14,16H2,1-4H3,(H2,25,26,34)/t17-/m0/s1. The van der Waals surface area contributed by atoms with Crippen LogP contribution in [0.2, 0.25) is 0 Å². The smallest absolute Gasteiger partial charge is 0.170 e. The summed E-state index contributed by atoms with van der Waals surface area (Å²) in [4.78, 5) is 11.7. The number of hydrogen-bond donors (Lipinski definition) is 3. The van der Waals surface area contributed by atoms with Crippen molar-refractivity contribution in [2.45, 2.75) is 44.9 Å². The number of aliphatic hydroxyl groups is 1. The summed E-state index contributed by atoms with van der Waals surface area (Å²) in [5.41, 5.74) is 2.01. The van der Waals surface area contributed by atoms with Crippen molar-refractivity contribution in [1.82, 2.24) is 15.3 Å². The van der Waals surface area contributed by atoms with Crippen LogP contribution in [0.5, 0.6) is 0 Å². The van der Waals surface area contributed by atoms with Crippen molar-refractivity contribution in [1.29, 1.82) is 0 Å². The predicted molar refractivity (Wildman–Crippen MR) is 144 cm³/mol. The fraction of sp³-hybridized carbons (Fsp3) is 0.542. The Morgan fingerprint density at radius 2 is 2.00 bits per heavy atom. The van der Waals surface area contributed by atoms with E-state index in [2.05, 4.69) is 22.5 Å². The molecule has 0 amide bonds. The molecule has 192 valence electrons. The van der Waals surface area contributed by atoms with Gasteiger partial charge in [0.1, 0.15) is 10.6 Å². The first-order chi connectivity index (χ1) is 16.6. The quantitative estimate of drug-likeness (QED) is 0.425. The monoisotopic (exact) mass is 521 g/mol. The second-order valence-corrected chi connectivity index (χ2v) is 12.1. The van der Waals surface area contributed by atoms with Crippen LogP contribution in [0, 0.1) is 0 Å². The Balaban J connectivity index is 2.04. The summed E-state index contributed by atoms with van der Waals surface area (Å²) in [6.07, 6.45) is 0.181. The number of hydrogen-bond acceptors (Lipinski definition) is 8. The zero-order valence-corrected chi connectivity index (χ0v) is 22.4. The number of ether oxygens (including phenoxy) is 1. The summed E-state index contributed by atoms with van der Waals surface area (Å²) in [6.45, 7) is 9.68. The molecule has 11 heteroatoms. The summed E-state index contributed by atoms with van der Waals surface area (Å²) in [5, 5.41) is 15.9. The number of aliphatic hydroxyl groups excluding tert-OH is 1. The molecule has 2 heterocycles. The first-order valence-electron chi connectivity index (χ1n) is 11.8. The van der Waals surface area contributed by atoms with Crippen LogP contribution < -0.4 is 15.5 Å². The Morgan fingerprint density at radius 3 is 2.63 bits per heavy atom. The molecule has 1 aliphatic heterocycles. The van der Waals surface area contributed by atoms with E-state index >= 15 is 0 Å². The molecule has 0 unspecified atom stereocenters. The molecule has 1 atom stereocenters. The molecule has 0 radical (unpaired) electrons. The third-order valence-electron chi connectivity index (χ3n) is 6.08. The van der Waals surface area contributed by atoms with E-state index in [-0.39, 0.29) is 24.8 Å². The normalized spacial score (nSPS) is 16.7. The average Bonchev–Trinajstić information content (AvgIpc) is 2.83. The SMILES string of the molecule is CCNC(=S)Nc1ccc(-c2nc(N3CCOC[C@@H]3C)cc(C(C)(C)S(=O)(=O)CCCO)n2)cc1. The molecule has 2 aromatic rings. The molecular weight excluding hydrogens is 486 g/mol. The van der Waals surface area contributed by atoms with Crippen molar-refractivity contribution in [2.75, 3.05) is 48.9 Å². The zero-order valence-electron chi connectivity index (χ0n) is 20.7. The van der Waals surface area contributed by atoms with E-state index in [1.54, 1.807) is 19.9 Å². The van der Waals surface area contributed by atoms with Gasteiger partial charge in [-0.15, -0.1) is 0 Å². The second-order valence-electron chi connectivity index (χ2n) is 9.02. The average molecular weight is 522 g/mol. The van der Waals surface area contributed by atoms with Gasteiger partial charge in [-0.25, -0.2) is 18.4 Å². The van der Waals surface area contributed by atoms with E-state index in [0.717, 1.165) is 17.8 Å². The molecule has 0 aliphatic carbocycles. The van der Waals surface area contributed by atoms with Gasteiger partial charge in [0.2, 0.25) is 0 Å². The molecule has 3 rings (SSSR count). The molecule has 1 aliphatic rings. The summed E-state index contributed by atoms with van der Waals surface area (Å²) in [6, 6.07) is 9.40. The summed E-state index contributed by atoms with van der Waals surface area (Å²) in [7, 11) is -3.59. The zero-order chi connectivity index (χ0) is 25.6. The maximum atomic E-state index is 13.2. The van der Waals surface area contributed by atoms with E-state index in [9.17, 15) is 13.5 Å². The van der Waals surface area contributed by atoms with Gasteiger partial charge in [-0.3, -0.25) is 0 Å². The van der Waals surface area contributed by atoms with E-state index in [1.807, 2.05) is 31.2 Å². The third-order valence-corrected chi connectivity index (χ3v) is 8.92. The maximum absolute atomic E-state index is 13.2. The Hall–Kier alpha value is -2.34. The molecule has 1 fully saturated rings. The van der Waals surface area contributed by atoms with Crippen LogP contribution >= 0.6 is 12.2 Å². The second kappa shape index (κ2) is 11.6. The number of thiocarbonyl (C=S) groups is 1. The summed E-state index contributed by atoms with van der Waals surface area (Å²) < 4.78 is 30.7. The highest BCUT2D eigenvalue weighted by Crippen LogP contribution is 2.34. The lowest BCUT2D eigenvalue weighted by atomic mass is 10.1. The lowest BCUT2D eigenvalue weighted by molar-refractivity contribution is 0.0985. The van der Waals surface area contributed by atoms with Crippen molar-refractivity contribution in [3.8, 4) is 11.4 Å². The van der Waals surface area contributed by atoms with Crippen molar-refractivity contribution in [2.24, 2.45) is 0 Å². The van der Waals surface area contributed by atoms with Crippen molar-refractivity contribution in [3.05, 3.63) is 36.0 Å². The van der Waals surface area contributed by atoms with E-state index < -0.39 is 14.6 Å². The van der Waals surface area contributed by atoms with E-state index in [4.69, 9.17) is 26.9 Å². The minimum Gasteiger partial charge on any atom is -0.396 e. The molecule has 1 saturated heterocycles.